The average molecular weight is 331 g/mol. The Hall–Kier alpha value is -1.11. The van der Waals surface area contributed by atoms with E-state index < -0.39 is 0 Å². The van der Waals surface area contributed by atoms with Crippen molar-refractivity contribution in [3.8, 4) is 0 Å². The fourth-order valence-corrected chi connectivity index (χ4v) is 2.74. The molecule has 0 saturated carbocycles. The predicted molar refractivity (Wildman–Crippen MR) is 88.4 cm³/mol. The lowest BCUT2D eigenvalue weighted by Crippen LogP contribution is -2.32. The van der Waals surface area contributed by atoms with Crippen molar-refractivity contribution in [3.63, 3.8) is 0 Å². The van der Waals surface area contributed by atoms with Gasteiger partial charge in [0.25, 0.3) is 5.91 Å². The molecule has 3 unspecified atom stereocenters. The summed E-state index contributed by atoms with van der Waals surface area (Å²) in [6.45, 7) is 6.31. The first-order valence-corrected chi connectivity index (χ1v) is 7.78. The van der Waals surface area contributed by atoms with Crippen molar-refractivity contribution in [2.24, 2.45) is 5.92 Å². The summed E-state index contributed by atoms with van der Waals surface area (Å²) in [4.78, 5) is 12.1. The lowest BCUT2D eigenvalue weighted by molar-refractivity contribution is 0.0933. The molecule has 0 spiro atoms. The van der Waals surface area contributed by atoms with Crippen LogP contribution in [0.2, 0.25) is 0 Å². The second-order valence-corrected chi connectivity index (χ2v) is 6.08. The van der Waals surface area contributed by atoms with Gasteiger partial charge in [-0.3, -0.25) is 9.48 Å². The zero-order valence-electron chi connectivity index (χ0n) is 13.3. The standard InChI is InChI=1S/C15H26N4O2.ClH/c1-11(8-12(2)20)9-17-15(21)14-5-7-19(18-14)13-4-3-6-16-10-13;/h5,7,11-13,16,20H,3-4,6,8-10H2,1-2H3,(H,17,21);1H. The van der Waals surface area contributed by atoms with Gasteiger partial charge in [-0.1, -0.05) is 6.92 Å². The maximum absolute atomic E-state index is 12.1. The van der Waals surface area contributed by atoms with Crippen LogP contribution in [0.1, 0.15) is 49.6 Å². The van der Waals surface area contributed by atoms with Gasteiger partial charge in [0.1, 0.15) is 5.69 Å². The third kappa shape index (κ3) is 5.59. The molecule has 1 aliphatic heterocycles. The largest absolute Gasteiger partial charge is 0.393 e. The number of amides is 1. The first-order valence-electron chi connectivity index (χ1n) is 7.78. The van der Waals surface area contributed by atoms with E-state index in [0.29, 0.717) is 24.7 Å². The lowest BCUT2D eigenvalue weighted by atomic mass is 10.0. The van der Waals surface area contributed by atoms with Gasteiger partial charge >= 0.3 is 0 Å². The average Bonchev–Trinajstić information content (AvgIpc) is 2.95. The minimum Gasteiger partial charge on any atom is -0.393 e. The number of carbonyl (C=O) groups excluding carboxylic acids is 1. The first-order chi connectivity index (χ1) is 10.1. The first kappa shape index (κ1) is 18.9. The van der Waals surface area contributed by atoms with Crippen LogP contribution in [0.15, 0.2) is 12.3 Å². The molecule has 22 heavy (non-hydrogen) atoms. The minimum atomic E-state index is -0.338. The molecule has 1 aliphatic rings. The molecule has 1 amide bonds. The predicted octanol–water partition coefficient (Wildman–Crippen LogP) is 1.37. The molecule has 1 fully saturated rings. The molecule has 3 N–H and O–H groups in total. The van der Waals surface area contributed by atoms with E-state index in [2.05, 4.69) is 15.7 Å². The van der Waals surface area contributed by atoms with E-state index in [1.807, 2.05) is 17.8 Å². The smallest absolute Gasteiger partial charge is 0.271 e. The van der Waals surface area contributed by atoms with E-state index in [1.165, 1.54) is 0 Å². The number of rotatable bonds is 6. The molecule has 2 heterocycles. The molecule has 3 atom stereocenters. The highest BCUT2D eigenvalue weighted by atomic mass is 35.5. The van der Waals surface area contributed by atoms with Crippen LogP contribution in [0, 0.1) is 5.92 Å². The number of halogens is 1. The van der Waals surface area contributed by atoms with Crippen LogP contribution in [0.25, 0.3) is 0 Å². The van der Waals surface area contributed by atoms with Gasteiger partial charge in [-0.2, -0.15) is 5.10 Å². The van der Waals surface area contributed by atoms with Crippen LogP contribution in [0.4, 0.5) is 0 Å². The summed E-state index contributed by atoms with van der Waals surface area (Å²) in [6, 6.07) is 2.11. The Balaban J connectivity index is 0.00000242. The number of hydrogen-bond donors (Lipinski definition) is 3. The van der Waals surface area contributed by atoms with E-state index in [4.69, 9.17) is 0 Å². The normalized spacial score (nSPS) is 20.8. The topological polar surface area (TPSA) is 79.2 Å². The summed E-state index contributed by atoms with van der Waals surface area (Å²) in [6.07, 6.45) is 4.47. The molecule has 126 valence electrons. The third-order valence-corrected chi connectivity index (χ3v) is 3.84. The molecule has 6 nitrogen and oxygen atoms in total. The quantitative estimate of drug-likeness (QED) is 0.736. The Kier molecular flexibility index (Phi) is 7.85. The summed E-state index contributed by atoms with van der Waals surface area (Å²) < 4.78 is 1.89. The highest BCUT2D eigenvalue weighted by molar-refractivity contribution is 5.92. The molecule has 0 aromatic carbocycles. The fraction of sp³-hybridized carbons (Fsp3) is 0.733. The van der Waals surface area contributed by atoms with Gasteiger partial charge in [0.05, 0.1) is 12.1 Å². The van der Waals surface area contributed by atoms with Gasteiger partial charge in [0, 0.05) is 19.3 Å². The van der Waals surface area contributed by atoms with E-state index >= 15 is 0 Å². The molecule has 1 aromatic rings. The Labute approximate surface area is 138 Å². The molecule has 0 radical (unpaired) electrons. The Morgan fingerprint density at radius 3 is 3.00 bits per heavy atom. The number of aliphatic hydroxyl groups excluding tert-OH is 1. The zero-order chi connectivity index (χ0) is 15.2. The number of piperidine rings is 1. The Bertz CT molecular complexity index is 458. The summed E-state index contributed by atoms with van der Waals surface area (Å²) >= 11 is 0. The van der Waals surface area contributed by atoms with E-state index in [0.717, 1.165) is 25.9 Å². The van der Waals surface area contributed by atoms with Crippen LogP contribution in [-0.2, 0) is 0 Å². The second kappa shape index (κ2) is 9.12. The number of carbonyl (C=O) groups is 1. The summed E-state index contributed by atoms with van der Waals surface area (Å²) in [5, 5.41) is 19.9. The van der Waals surface area contributed by atoms with Crippen molar-refractivity contribution >= 4 is 18.3 Å². The van der Waals surface area contributed by atoms with E-state index in [-0.39, 0.29) is 30.3 Å². The molecule has 7 heteroatoms. The van der Waals surface area contributed by atoms with Crippen molar-refractivity contribution in [2.75, 3.05) is 19.6 Å². The Morgan fingerprint density at radius 2 is 2.36 bits per heavy atom. The maximum atomic E-state index is 12.1. The van der Waals surface area contributed by atoms with Crippen LogP contribution >= 0.6 is 12.4 Å². The van der Waals surface area contributed by atoms with E-state index in [1.54, 1.807) is 13.0 Å². The van der Waals surface area contributed by atoms with Gasteiger partial charge in [-0.05, 0) is 44.7 Å². The van der Waals surface area contributed by atoms with Crippen LogP contribution in [-0.4, -0.2) is 46.5 Å². The SMILES string of the molecule is CC(O)CC(C)CNC(=O)c1ccn(C2CCCNC2)n1.Cl. The second-order valence-electron chi connectivity index (χ2n) is 6.08. The van der Waals surface area contributed by atoms with Gasteiger partial charge in [-0.25, -0.2) is 0 Å². The number of nitrogens with zero attached hydrogens (tertiary/aromatic N) is 2. The lowest BCUT2D eigenvalue weighted by Gasteiger charge is -2.22. The highest BCUT2D eigenvalue weighted by Gasteiger charge is 2.18. The molecule has 0 aliphatic carbocycles. The summed E-state index contributed by atoms with van der Waals surface area (Å²) in [5.74, 6) is 0.105. The highest BCUT2D eigenvalue weighted by Crippen LogP contribution is 2.15. The molecule has 2 rings (SSSR count). The number of hydrogen-bond acceptors (Lipinski definition) is 4. The molecule has 1 saturated heterocycles. The minimum absolute atomic E-state index is 0. The monoisotopic (exact) mass is 330 g/mol. The van der Waals surface area contributed by atoms with Gasteiger partial charge < -0.3 is 15.7 Å². The van der Waals surface area contributed by atoms with Crippen molar-refractivity contribution in [2.45, 2.75) is 45.3 Å². The third-order valence-electron chi connectivity index (χ3n) is 3.84. The van der Waals surface area contributed by atoms with Gasteiger partial charge in [-0.15, -0.1) is 12.4 Å². The Morgan fingerprint density at radius 1 is 1.59 bits per heavy atom. The van der Waals surface area contributed by atoms with Gasteiger partial charge in [0.2, 0.25) is 0 Å². The van der Waals surface area contributed by atoms with Crippen molar-refractivity contribution in [1.82, 2.24) is 20.4 Å². The van der Waals surface area contributed by atoms with Crippen molar-refractivity contribution in [3.05, 3.63) is 18.0 Å². The molecular formula is C15H27ClN4O2. The molecule has 1 aromatic heterocycles. The fourth-order valence-electron chi connectivity index (χ4n) is 2.74. The van der Waals surface area contributed by atoms with Crippen LogP contribution in [0.5, 0.6) is 0 Å². The maximum Gasteiger partial charge on any atom is 0.271 e. The summed E-state index contributed by atoms with van der Waals surface area (Å²) in [7, 11) is 0. The number of nitrogens with one attached hydrogen (secondary N) is 2. The van der Waals surface area contributed by atoms with E-state index in [9.17, 15) is 9.90 Å². The van der Waals surface area contributed by atoms with Crippen LogP contribution < -0.4 is 10.6 Å². The summed E-state index contributed by atoms with van der Waals surface area (Å²) in [5.41, 5.74) is 0.463. The van der Waals surface area contributed by atoms with Gasteiger partial charge in [0.15, 0.2) is 0 Å². The zero-order valence-corrected chi connectivity index (χ0v) is 14.1. The van der Waals surface area contributed by atoms with Crippen LogP contribution in [0.3, 0.4) is 0 Å². The number of aromatic nitrogens is 2. The number of aliphatic hydroxyl groups is 1. The van der Waals surface area contributed by atoms with Crippen molar-refractivity contribution in [1.29, 1.82) is 0 Å². The van der Waals surface area contributed by atoms with Crippen molar-refractivity contribution < 1.29 is 9.90 Å². The molecular weight excluding hydrogens is 304 g/mol. The molecule has 0 bridgehead atoms.